The molecule has 1 aliphatic carbocycles. The van der Waals surface area contributed by atoms with E-state index in [1.54, 1.807) is 16.2 Å². The van der Waals surface area contributed by atoms with Crippen molar-refractivity contribution in [1.82, 2.24) is 0 Å². The molecule has 1 amide bonds. The molecule has 1 aliphatic rings. The van der Waals surface area contributed by atoms with Gasteiger partial charge in [0.15, 0.2) is 0 Å². The third-order valence-corrected chi connectivity index (χ3v) is 5.38. The van der Waals surface area contributed by atoms with Gasteiger partial charge in [-0.25, -0.2) is 0 Å². The Hall–Kier alpha value is -1.61. The predicted octanol–water partition coefficient (Wildman–Crippen LogP) is 4.68. The van der Waals surface area contributed by atoms with Gasteiger partial charge in [-0.05, 0) is 49.4 Å². The van der Waals surface area contributed by atoms with E-state index in [0.717, 1.165) is 23.4 Å². The Balaban J connectivity index is 1.83. The summed E-state index contributed by atoms with van der Waals surface area (Å²) in [6.07, 6.45) is 7.44. The summed E-state index contributed by atoms with van der Waals surface area (Å²) in [4.78, 5) is 16.7. The lowest BCUT2D eigenvalue weighted by Crippen LogP contribution is -2.25. The number of thiophene rings is 1. The van der Waals surface area contributed by atoms with E-state index in [1.165, 1.54) is 36.1 Å². The van der Waals surface area contributed by atoms with E-state index in [-0.39, 0.29) is 5.91 Å². The predicted molar refractivity (Wildman–Crippen MR) is 89.4 cm³/mol. The molecular formula is C18H21NOS. The largest absolute Gasteiger partial charge is 0.311 e. The first-order valence-electron chi connectivity index (χ1n) is 7.70. The fourth-order valence-corrected chi connectivity index (χ4v) is 4.11. The molecule has 0 atom stereocenters. The van der Waals surface area contributed by atoms with E-state index < -0.39 is 0 Å². The maximum Gasteiger partial charge on any atom is 0.268 e. The lowest BCUT2D eigenvalue weighted by molar-refractivity contribution is 0.0997. The molecule has 0 radical (unpaired) electrons. The minimum atomic E-state index is 0.109. The number of para-hydroxylation sites is 1. The standard InChI is InChI=1S/C18H21NOS/c1-19(15-10-6-4-7-11-15)18(20)17-13-14-9-5-2-3-8-12-16(14)21-17/h4,6-7,10-11,13H,2-3,5,8-9,12H2,1H3. The summed E-state index contributed by atoms with van der Waals surface area (Å²) in [6.45, 7) is 0. The average molecular weight is 299 g/mol. The fraction of sp³-hybridized carbons (Fsp3) is 0.389. The number of benzene rings is 1. The van der Waals surface area contributed by atoms with E-state index >= 15 is 0 Å². The Kier molecular flexibility index (Phi) is 4.39. The Morgan fingerprint density at radius 3 is 2.52 bits per heavy atom. The zero-order valence-electron chi connectivity index (χ0n) is 12.5. The minimum Gasteiger partial charge on any atom is -0.311 e. The number of aryl methyl sites for hydroxylation is 2. The van der Waals surface area contributed by atoms with Gasteiger partial charge in [-0.3, -0.25) is 4.79 Å². The topological polar surface area (TPSA) is 20.3 Å². The van der Waals surface area contributed by atoms with Gasteiger partial charge in [-0.1, -0.05) is 31.0 Å². The quantitative estimate of drug-likeness (QED) is 0.788. The van der Waals surface area contributed by atoms with Crippen molar-refractivity contribution in [2.24, 2.45) is 0 Å². The molecule has 1 heterocycles. The van der Waals surface area contributed by atoms with Gasteiger partial charge in [0.2, 0.25) is 0 Å². The Labute approximate surface area is 130 Å². The number of amides is 1. The molecule has 21 heavy (non-hydrogen) atoms. The SMILES string of the molecule is CN(C(=O)c1cc2c(s1)CCCCCC2)c1ccccc1. The summed E-state index contributed by atoms with van der Waals surface area (Å²) in [5.74, 6) is 0.109. The molecule has 3 rings (SSSR count). The Bertz CT molecular complexity index is 592. The third kappa shape index (κ3) is 3.18. The molecular weight excluding hydrogens is 278 g/mol. The van der Waals surface area contributed by atoms with E-state index in [1.807, 2.05) is 37.4 Å². The average Bonchev–Trinajstić information content (AvgIpc) is 2.89. The number of hydrogen-bond acceptors (Lipinski definition) is 2. The van der Waals surface area contributed by atoms with Crippen LogP contribution in [0.2, 0.25) is 0 Å². The third-order valence-electron chi connectivity index (χ3n) is 4.16. The highest BCUT2D eigenvalue weighted by Gasteiger charge is 2.19. The highest BCUT2D eigenvalue weighted by molar-refractivity contribution is 7.14. The van der Waals surface area contributed by atoms with Crippen molar-refractivity contribution in [2.45, 2.75) is 38.5 Å². The monoisotopic (exact) mass is 299 g/mol. The highest BCUT2D eigenvalue weighted by atomic mass is 32.1. The smallest absolute Gasteiger partial charge is 0.268 e. The summed E-state index contributed by atoms with van der Waals surface area (Å²) < 4.78 is 0. The summed E-state index contributed by atoms with van der Waals surface area (Å²) in [5, 5.41) is 0. The Morgan fingerprint density at radius 2 is 1.76 bits per heavy atom. The number of hydrogen-bond donors (Lipinski definition) is 0. The van der Waals surface area contributed by atoms with Gasteiger partial charge in [-0.15, -0.1) is 11.3 Å². The summed E-state index contributed by atoms with van der Waals surface area (Å²) in [5.41, 5.74) is 2.35. The number of rotatable bonds is 2. The molecule has 2 aromatic rings. The van der Waals surface area contributed by atoms with Crippen molar-refractivity contribution in [3.8, 4) is 0 Å². The first kappa shape index (κ1) is 14.3. The molecule has 110 valence electrons. The molecule has 1 aromatic heterocycles. The van der Waals surface area contributed by atoms with Crippen LogP contribution in [-0.4, -0.2) is 13.0 Å². The van der Waals surface area contributed by atoms with Gasteiger partial charge in [0.1, 0.15) is 0 Å². The molecule has 1 aromatic carbocycles. The molecule has 0 aliphatic heterocycles. The first-order chi connectivity index (χ1) is 10.3. The van der Waals surface area contributed by atoms with Gasteiger partial charge in [0.25, 0.3) is 5.91 Å². The summed E-state index contributed by atoms with van der Waals surface area (Å²) >= 11 is 1.70. The minimum absolute atomic E-state index is 0.109. The van der Waals surface area contributed by atoms with Gasteiger partial charge in [0, 0.05) is 17.6 Å². The van der Waals surface area contributed by atoms with Gasteiger partial charge >= 0.3 is 0 Å². The molecule has 0 N–H and O–H groups in total. The summed E-state index contributed by atoms with van der Waals surface area (Å²) in [7, 11) is 1.86. The maximum atomic E-state index is 12.7. The van der Waals surface area contributed by atoms with Crippen LogP contribution in [0, 0.1) is 0 Å². The van der Waals surface area contributed by atoms with Crippen LogP contribution in [0.4, 0.5) is 5.69 Å². The fourth-order valence-electron chi connectivity index (χ4n) is 2.88. The van der Waals surface area contributed by atoms with Crippen LogP contribution in [0.5, 0.6) is 0 Å². The lowest BCUT2D eigenvalue weighted by atomic mass is 10.00. The van der Waals surface area contributed by atoms with E-state index in [9.17, 15) is 4.79 Å². The Morgan fingerprint density at radius 1 is 1.05 bits per heavy atom. The van der Waals surface area contributed by atoms with Crippen LogP contribution in [0.15, 0.2) is 36.4 Å². The van der Waals surface area contributed by atoms with E-state index in [0.29, 0.717) is 0 Å². The van der Waals surface area contributed by atoms with Crippen molar-refractivity contribution in [3.63, 3.8) is 0 Å². The summed E-state index contributed by atoms with van der Waals surface area (Å²) in [6, 6.07) is 12.0. The highest BCUT2D eigenvalue weighted by Crippen LogP contribution is 2.29. The maximum absolute atomic E-state index is 12.7. The molecule has 0 saturated carbocycles. The van der Waals surface area contributed by atoms with E-state index in [4.69, 9.17) is 0 Å². The van der Waals surface area contributed by atoms with Crippen LogP contribution in [-0.2, 0) is 12.8 Å². The number of nitrogens with zero attached hydrogens (tertiary/aromatic N) is 1. The van der Waals surface area contributed by atoms with Gasteiger partial charge in [0.05, 0.1) is 4.88 Å². The number of carbonyl (C=O) groups excluding carboxylic acids is 1. The van der Waals surface area contributed by atoms with Crippen molar-refractivity contribution < 1.29 is 4.79 Å². The van der Waals surface area contributed by atoms with Crippen molar-refractivity contribution in [3.05, 3.63) is 51.7 Å². The van der Waals surface area contributed by atoms with Crippen molar-refractivity contribution >= 4 is 22.9 Å². The molecule has 2 nitrogen and oxygen atoms in total. The molecule has 0 spiro atoms. The number of anilines is 1. The van der Waals surface area contributed by atoms with Crippen LogP contribution >= 0.6 is 11.3 Å². The molecule has 0 unspecified atom stereocenters. The molecule has 0 saturated heterocycles. The second kappa shape index (κ2) is 6.44. The van der Waals surface area contributed by atoms with Crippen LogP contribution in [0.3, 0.4) is 0 Å². The first-order valence-corrected chi connectivity index (χ1v) is 8.52. The van der Waals surface area contributed by atoms with Crippen molar-refractivity contribution in [2.75, 3.05) is 11.9 Å². The van der Waals surface area contributed by atoms with Crippen LogP contribution in [0.25, 0.3) is 0 Å². The van der Waals surface area contributed by atoms with Gasteiger partial charge in [-0.2, -0.15) is 0 Å². The van der Waals surface area contributed by atoms with Crippen LogP contribution < -0.4 is 4.90 Å². The number of carbonyl (C=O) groups is 1. The van der Waals surface area contributed by atoms with Gasteiger partial charge < -0.3 is 4.90 Å². The normalized spacial score (nSPS) is 14.9. The second-order valence-corrected chi connectivity index (χ2v) is 6.81. The molecule has 3 heteroatoms. The molecule has 0 bridgehead atoms. The second-order valence-electron chi connectivity index (χ2n) is 5.67. The number of fused-ring (bicyclic) bond motifs is 1. The zero-order chi connectivity index (χ0) is 14.7. The van der Waals surface area contributed by atoms with Crippen LogP contribution in [0.1, 0.15) is 45.8 Å². The van der Waals surface area contributed by atoms with E-state index in [2.05, 4.69) is 6.07 Å². The lowest BCUT2D eigenvalue weighted by Gasteiger charge is -2.16. The molecule has 0 fully saturated rings. The van der Waals surface area contributed by atoms with Crippen molar-refractivity contribution in [1.29, 1.82) is 0 Å². The zero-order valence-corrected chi connectivity index (χ0v) is 13.3.